The van der Waals surface area contributed by atoms with Crippen LogP contribution in [0.5, 0.6) is 0 Å². The van der Waals surface area contributed by atoms with Gasteiger partial charge in [0.25, 0.3) is 0 Å². The van der Waals surface area contributed by atoms with Gasteiger partial charge in [-0.3, -0.25) is 9.59 Å². The lowest BCUT2D eigenvalue weighted by atomic mass is 10.0. The van der Waals surface area contributed by atoms with E-state index in [2.05, 4.69) is 0 Å². The molecule has 5 heteroatoms. The molecule has 98 valence electrons. The second-order valence-electron chi connectivity index (χ2n) is 5.03. The van der Waals surface area contributed by atoms with Gasteiger partial charge >= 0.3 is 5.97 Å². The fourth-order valence-electron chi connectivity index (χ4n) is 1.86. The van der Waals surface area contributed by atoms with Crippen LogP contribution in [-0.4, -0.2) is 48.7 Å². The summed E-state index contributed by atoms with van der Waals surface area (Å²) in [7, 11) is 1.57. The molecule has 0 aromatic heterocycles. The molecule has 0 aliphatic heterocycles. The predicted molar refractivity (Wildman–Crippen MR) is 62.6 cm³/mol. The van der Waals surface area contributed by atoms with E-state index in [1.807, 2.05) is 13.8 Å². The van der Waals surface area contributed by atoms with Gasteiger partial charge in [0.1, 0.15) is 5.41 Å². The Hall–Kier alpha value is -1.10. The van der Waals surface area contributed by atoms with E-state index in [1.165, 1.54) is 0 Å². The summed E-state index contributed by atoms with van der Waals surface area (Å²) in [6.07, 6.45) is 0.922. The first-order chi connectivity index (χ1) is 7.94. The summed E-state index contributed by atoms with van der Waals surface area (Å²) in [4.78, 5) is 24.9. The Morgan fingerprint density at radius 2 is 2.00 bits per heavy atom. The van der Waals surface area contributed by atoms with E-state index in [0.29, 0.717) is 38.5 Å². The van der Waals surface area contributed by atoms with Gasteiger partial charge in [-0.2, -0.15) is 0 Å². The smallest absolute Gasteiger partial charge is 0.319 e. The predicted octanol–water partition coefficient (Wildman–Crippen LogP) is 0.982. The summed E-state index contributed by atoms with van der Waals surface area (Å²) in [5.74, 6) is -0.926. The number of amides is 1. The number of carboxylic acid groups (broad SMARTS) is 1. The van der Waals surface area contributed by atoms with Gasteiger partial charge in [-0.05, 0) is 18.8 Å². The Bertz CT molecular complexity index is 297. The maximum Gasteiger partial charge on any atom is 0.319 e. The second kappa shape index (κ2) is 5.49. The molecule has 0 spiro atoms. The van der Waals surface area contributed by atoms with Crippen LogP contribution in [0.2, 0.25) is 0 Å². The van der Waals surface area contributed by atoms with Crippen molar-refractivity contribution in [2.45, 2.75) is 26.7 Å². The largest absolute Gasteiger partial charge is 0.480 e. The van der Waals surface area contributed by atoms with Crippen molar-refractivity contribution in [2.75, 3.05) is 26.8 Å². The van der Waals surface area contributed by atoms with E-state index >= 15 is 0 Å². The highest BCUT2D eigenvalue weighted by Crippen LogP contribution is 2.47. The molecular weight excluding hydrogens is 222 g/mol. The molecule has 5 nitrogen and oxygen atoms in total. The number of rotatable bonds is 7. The quantitative estimate of drug-likeness (QED) is 0.677. The van der Waals surface area contributed by atoms with Gasteiger partial charge in [0.2, 0.25) is 5.91 Å². The highest BCUT2D eigenvalue weighted by atomic mass is 16.5. The highest BCUT2D eigenvalue weighted by Gasteiger charge is 2.58. The first kappa shape index (κ1) is 14.0. The third-order valence-electron chi connectivity index (χ3n) is 3.01. The summed E-state index contributed by atoms with van der Waals surface area (Å²) in [5.41, 5.74) is -1.14. The van der Waals surface area contributed by atoms with E-state index < -0.39 is 11.4 Å². The molecule has 0 aromatic carbocycles. The molecule has 1 N–H and O–H groups in total. The minimum atomic E-state index is -1.14. The lowest BCUT2D eigenvalue weighted by Crippen LogP contribution is -2.44. The lowest BCUT2D eigenvalue weighted by molar-refractivity contribution is -0.154. The first-order valence-corrected chi connectivity index (χ1v) is 5.95. The third kappa shape index (κ3) is 3.19. The fraction of sp³-hybridized carbons (Fsp3) is 0.833. The van der Waals surface area contributed by atoms with Crippen LogP contribution < -0.4 is 0 Å². The summed E-state index contributed by atoms with van der Waals surface area (Å²) in [6, 6.07) is 0. The van der Waals surface area contributed by atoms with Gasteiger partial charge in [0, 0.05) is 20.2 Å². The van der Waals surface area contributed by atoms with E-state index in [4.69, 9.17) is 9.84 Å². The summed E-state index contributed by atoms with van der Waals surface area (Å²) in [6.45, 7) is 5.49. The SMILES string of the molecule is COCCN(CC(C)C)C(=O)C1(C(=O)O)CC1. The molecule has 0 bridgehead atoms. The Morgan fingerprint density at radius 3 is 2.35 bits per heavy atom. The van der Waals surface area contributed by atoms with Crippen molar-refractivity contribution in [3.05, 3.63) is 0 Å². The number of hydrogen-bond acceptors (Lipinski definition) is 3. The van der Waals surface area contributed by atoms with Crippen LogP contribution in [-0.2, 0) is 14.3 Å². The zero-order valence-electron chi connectivity index (χ0n) is 10.7. The monoisotopic (exact) mass is 243 g/mol. The van der Waals surface area contributed by atoms with Crippen LogP contribution in [0, 0.1) is 11.3 Å². The van der Waals surface area contributed by atoms with Crippen molar-refractivity contribution in [3.63, 3.8) is 0 Å². The Kier molecular flexibility index (Phi) is 4.51. The van der Waals surface area contributed by atoms with Crippen LogP contribution in [0.4, 0.5) is 0 Å². The van der Waals surface area contributed by atoms with Crippen molar-refractivity contribution in [3.8, 4) is 0 Å². The maximum absolute atomic E-state index is 12.2. The van der Waals surface area contributed by atoms with Crippen LogP contribution in [0.15, 0.2) is 0 Å². The van der Waals surface area contributed by atoms with E-state index in [0.717, 1.165) is 0 Å². The molecule has 0 aromatic rings. The van der Waals surface area contributed by atoms with Gasteiger partial charge < -0.3 is 14.7 Å². The van der Waals surface area contributed by atoms with E-state index in [1.54, 1.807) is 12.0 Å². The third-order valence-corrected chi connectivity index (χ3v) is 3.01. The Balaban J connectivity index is 2.69. The Morgan fingerprint density at radius 1 is 1.41 bits per heavy atom. The lowest BCUT2D eigenvalue weighted by Gasteiger charge is -2.27. The molecule has 1 aliphatic rings. The summed E-state index contributed by atoms with van der Waals surface area (Å²) >= 11 is 0. The van der Waals surface area contributed by atoms with Crippen LogP contribution in [0.1, 0.15) is 26.7 Å². The fourth-order valence-corrected chi connectivity index (χ4v) is 1.86. The van der Waals surface area contributed by atoms with Crippen LogP contribution in [0.3, 0.4) is 0 Å². The number of carboxylic acids is 1. The number of nitrogens with zero attached hydrogens (tertiary/aromatic N) is 1. The molecule has 17 heavy (non-hydrogen) atoms. The molecule has 1 amide bonds. The van der Waals surface area contributed by atoms with Crippen LogP contribution >= 0.6 is 0 Å². The Labute approximate surface area is 102 Å². The molecule has 0 unspecified atom stereocenters. The standard InChI is InChI=1S/C12H21NO4/c1-9(2)8-13(6-7-17-3)10(14)12(4-5-12)11(15)16/h9H,4-8H2,1-3H3,(H,15,16). The van der Waals surface area contributed by atoms with Crippen molar-refractivity contribution >= 4 is 11.9 Å². The van der Waals surface area contributed by atoms with E-state index in [-0.39, 0.29) is 5.91 Å². The number of aliphatic carboxylic acids is 1. The number of ether oxygens (including phenoxy) is 1. The molecule has 0 saturated heterocycles. The summed E-state index contributed by atoms with van der Waals surface area (Å²) < 4.78 is 4.96. The number of carbonyl (C=O) groups is 2. The zero-order valence-corrected chi connectivity index (χ0v) is 10.7. The summed E-state index contributed by atoms with van der Waals surface area (Å²) in [5, 5.41) is 9.10. The molecular formula is C12H21NO4. The molecule has 1 fully saturated rings. The topological polar surface area (TPSA) is 66.8 Å². The van der Waals surface area contributed by atoms with Crippen molar-refractivity contribution in [1.29, 1.82) is 0 Å². The van der Waals surface area contributed by atoms with Gasteiger partial charge in [0.15, 0.2) is 0 Å². The van der Waals surface area contributed by atoms with Crippen LogP contribution in [0.25, 0.3) is 0 Å². The second-order valence-corrected chi connectivity index (χ2v) is 5.03. The minimum absolute atomic E-state index is 0.254. The number of hydrogen-bond donors (Lipinski definition) is 1. The van der Waals surface area contributed by atoms with Gasteiger partial charge in [0.05, 0.1) is 6.61 Å². The maximum atomic E-state index is 12.2. The minimum Gasteiger partial charge on any atom is -0.480 e. The van der Waals surface area contributed by atoms with Gasteiger partial charge in [-0.1, -0.05) is 13.8 Å². The van der Waals surface area contributed by atoms with Crippen molar-refractivity contribution in [1.82, 2.24) is 4.90 Å². The molecule has 0 radical (unpaired) electrons. The van der Waals surface area contributed by atoms with Gasteiger partial charge in [-0.15, -0.1) is 0 Å². The van der Waals surface area contributed by atoms with Crippen molar-refractivity contribution in [2.24, 2.45) is 11.3 Å². The first-order valence-electron chi connectivity index (χ1n) is 5.95. The van der Waals surface area contributed by atoms with E-state index in [9.17, 15) is 9.59 Å². The zero-order chi connectivity index (χ0) is 13.1. The molecule has 1 rings (SSSR count). The number of methoxy groups -OCH3 is 1. The average molecular weight is 243 g/mol. The van der Waals surface area contributed by atoms with Crippen molar-refractivity contribution < 1.29 is 19.4 Å². The molecule has 0 heterocycles. The normalized spacial score (nSPS) is 16.9. The molecule has 1 aliphatic carbocycles. The molecule has 0 atom stereocenters. The highest BCUT2D eigenvalue weighted by molar-refractivity contribution is 6.04. The molecule has 1 saturated carbocycles. The van der Waals surface area contributed by atoms with Gasteiger partial charge in [-0.25, -0.2) is 0 Å². The average Bonchev–Trinajstić information content (AvgIpc) is 3.03. The number of carbonyl (C=O) groups excluding carboxylic acids is 1.